The molecular weight excluding hydrogens is 194 g/mol. The monoisotopic (exact) mass is 213 g/mol. The van der Waals surface area contributed by atoms with Crippen molar-refractivity contribution in [2.75, 3.05) is 6.54 Å². The lowest BCUT2D eigenvalue weighted by atomic mass is 10.00. The number of aliphatic hydroxyl groups excluding tert-OH is 1. The highest BCUT2D eigenvalue weighted by Gasteiger charge is 2.11. The smallest absolute Gasteiger partial charge is 0.0577 e. The van der Waals surface area contributed by atoms with Crippen LogP contribution >= 0.6 is 11.3 Å². The molecule has 0 fully saturated rings. The highest BCUT2D eigenvalue weighted by atomic mass is 32.1. The minimum atomic E-state index is -0.236. The minimum absolute atomic E-state index is 0.221. The Kier molecular flexibility index (Phi) is 5.15. The van der Waals surface area contributed by atoms with E-state index in [0.29, 0.717) is 6.54 Å². The van der Waals surface area contributed by atoms with Crippen molar-refractivity contribution in [2.45, 2.75) is 32.3 Å². The van der Waals surface area contributed by atoms with Crippen LogP contribution in [0.5, 0.6) is 0 Å². The molecule has 1 aromatic heterocycles. The third-order valence-electron chi connectivity index (χ3n) is 2.53. The van der Waals surface area contributed by atoms with Gasteiger partial charge in [-0.25, -0.2) is 0 Å². The summed E-state index contributed by atoms with van der Waals surface area (Å²) in [6.07, 6.45) is 2.74. The van der Waals surface area contributed by atoms with E-state index >= 15 is 0 Å². The SMILES string of the molecule is CC(CN)C(O)CCCc1cccs1. The molecule has 1 aromatic rings. The Morgan fingerprint density at radius 2 is 2.36 bits per heavy atom. The molecule has 2 unspecified atom stereocenters. The summed E-state index contributed by atoms with van der Waals surface area (Å²) >= 11 is 1.78. The molecule has 3 heteroatoms. The van der Waals surface area contributed by atoms with Crippen molar-refractivity contribution in [3.05, 3.63) is 22.4 Å². The van der Waals surface area contributed by atoms with Gasteiger partial charge >= 0.3 is 0 Å². The van der Waals surface area contributed by atoms with E-state index in [-0.39, 0.29) is 12.0 Å². The van der Waals surface area contributed by atoms with Crippen LogP contribution < -0.4 is 5.73 Å². The Bertz CT molecular complexity index is 235. The van der Waals surface area contributed by atoms with E-state index in [9.17, 15) is 5.11 Å². The molecule has 0 spiro atoms. The Morgan fingerprint density at radius 3 is 2.93 bits per heavy atom. The molecule has 0 aliphatic carbocycles. The lowest BCUT2D eigenvalue weighted by Gasteiger charge is -2.16. The topological polar surface area (TPSA) is 46.2 Å². The van der Waals surface area contributed by atoms with E-state index in [4.69, 9.17) is 5.73 Å². The molecule has 0 aliphatic rings. The summed E-state index contributed by atoms with van der Waals surface area (Å²) in [6.45, 7) is 2.57. The average Bonchev–Trinajstić information content (AvgIpc) is 2.69. The summed E-state index contributed by atoms with van der Waals surface area (Å²) in [4.78, 5) is 1.40. The van der Waals surface area contributed by atoms with Crippen molar-refractivity contribution >= 4 is 11.3 Å². The zero-order chi connectivity index (χ0) is 10.4. The van der Waals surface area contributed by atoms with E-state index in [1.54, 1.807) is 11.3 Å². The summed E-state index contributed by atoms with van der Waals surface area (Å²) in [5.41, 5.74) is 5.48. The average molecular weight is 213 g/mol. The fourth-order valence-corrected chi connectivity index (χ4v) is 2.13. The molecular formula is C11H19NOS. The van der Waals surface area contributed by atoms with Gasteiger partial charge in [0.05, 0.1) is 6.10 Å². The maximum atomic E-state index is 9.67. The first kappa shape index (κ1) is 11.7. The fraction of sp³-hybridized carbons (Fsp3) is 0.636. The molecule has 1 rings (SSSR count). The normalized spacial score (nSPS) is 15.4. The lowest BCUT2D eigenvalue weighted by Crippen LogP contribution is -2.25. The van der Waals surface area contributed by atoms with Gasteiger partial charge in [-0.2, -0.15) is 0 Å². The van der Waals surface area contributed by atoms with Gasteiger partial charge in [-0.3, -0.25) is 0 Å². The molecule has 80 valence electrons. The van der Waals surface area contributed by atoms with E-state index < -0.39 is 0 Å². The molecule has 14 heavy (non-hydrogen) atoms. The van der Waals surface area contributed by atoms with Crippen molar-refractivity contribution < 1.29 is 5.11 Å². The van der Waals surface area contributed by atoms with Gasteiger partial charge in [-0.1, -0.05) is 13.0 Å². The highest BCUT2D eigenvalue weighted by molar-refractivity contribution is 7.09. The van der Waals surface area contributed by atoms with Crippen LogP contribution in [0, 0.1) is 5.92 Å². The molecule has 0 radical (unpaired) electrons. The number of thiophene rings is 1. The molecule has 0 amide bonds. The number of hydrogen-bond donors (Lipinski definition) is 2. The van der Waals surface area contributed by atoms with Gasteiger partial charge in [0.1, 0.15) is 0 Å². The summed E-state index contributed by atoms with van der Waals surface area (Å²) in [5.74, 6) is 0.221. The van der Waals surface area contributed by atoms with Crippen molar-refractivity contribution in [1.29, 1.82) is 0 Å². The molecule has 0 saturated heterocycles. The van der Waals surface area contributed by atoms with Crippen molar-refractivity contribution in [2.24, 2.45) is 11.7 Å². The zero-order valence-corrected chi connectivity index (χ0v) is 9.46. The standard InChI is InChI=1S/C11H19NOS/c1-9(8-12)11(13)6-2-4-10-5-3-7-14-10/h3,5,7,9,11,13H,2,4,6,8,12H2,1H3. The van der Waals surface area contributed by atoms with Crippen LogP contribution in [-0.2, 0) is 6.42 Å². The van der Waals surface area contributed by atoms with E-state index in [1.165, 1.54) is 4.88 Å². The van der Waals surface area contributed by atoms with Gasteiger partial charge in [0.2, 0.25) is 0 Å². The van der Waals surface area contributed by atoms with Gasteiger partial charge in [0.25, 0.3) is 0 Å². The largest absolute Gasteiger partial charge is 0.393 e. The van der Waals surface area contributed by atoms with Crippen LogP contribution in [0.4, 0.5) is 0 Å². The summed E-state index contributed by atoms with van der Waals surface area (Å²) in [5, 5.41) is 11.8. The highest BCUT2D eigenvalue weighted by Crippen LogP contribution is 2.14. The third kappa shape index (κ3) is 3.78. The van der Waals surface area contributed by atoms with Gasteiger partial charge in [0.15, 0.2) is 0 Å². The Balaban J connectivity index is 2.15. The number of aliphatic hydroxyl groups is 1. The maximum absolute atomic E-state index is 9.67. The predicted molar refractivity (Wildman–Crippen MR) is 61.5 cm³/mol. The Morgan fingerprint density at radius 1 is 1.57 bits per heavy atom. The first-order valence-electron chi connectivity index (χ1n) is 5.14. The van der Waals surface area contributed by atoms with Crippen molar-refractivity contribution in [3.63, 3.8) is 0 Å². The van der Waals surface area contributed by atoms with Crippen LogP contribution in [0.3, 0.4) is 0 Å². The Hall–Kier alpha value is -0.380. The first-order chi connectivity index (χ1) is 6.74. The van der Waals surface area contributed by atoms with Gasteiger partial charge in [-0.05, 0) is 43.2 Å². The minimum Gasteiger partial charge on any atom is -0.393 e. The quantitative estimate of drug-likeness (QED) is 0.759. The summed E-state index contributed by atoms with van der Waals surface area (Å²) in [7, 11) is 0. The van der Waals surface area contributed by atoms with E-state index in [1.807, 2.05) is 6.92 Å². The molecule has 2 atom stereocenters. The van der Waals surface area contributed by atoms with Crippen LogP contribution in [0.1, 0.15) is 24.6 Å². The van der Waals surface area contributed by atoms with E-state index in [2.05, 4.69) is 17.5 Å². The zero-order valence-electron chi connectivity index (χ0n) is 8.65. The van der Waals surface area contributed by atoms with Gasteiger partial charge in [-0.15, -0.1) is 11.3 Å². The van der Waals surface area contributed by atoms with Crippen LogP contribution in [-0.4, -0.2) is 17.8 Å². The van der Waals surface area contributed by atoms with E-state index in [0.717, 1.165) is 19.3 Å². The molecule has 0 bridgehead atoms. The molecule has 2 nitrogen and oxygen atoms in total. The summed E-state index contributed by atoms with van der Waals surface area (Å²) < 4.78 is 0. The fourth-order valence-electron chi connectivity index (χ4n) is 1.38. The number of rotatable bonds is 6. The predicted octanol–water partition coefficient (Wildman–Crippen LogP) is 2.03. The molecule has 3 N–H and O–H groups in total. The van der Waals surface area contributed by atoms with Crippen LogP contribution in [0.25, 0.3) is 0 Å². The molecule has 0 aliphatic heterocycles. The second kappa shape index (κ2) is 6.17. The number of aryl methyl sites for hydroxylation is 1. The second-order valence-electron chi connectivity index (χ2n) is 3.75. The second-order valence-corrected chi connectivity index (χ2v) is 4.78. The van der Waals surface area contributed by atoms with Gasteiger partial charge < -0.3 is 10.8 Å². The molecule has 1 heterocycles. The van der Waals surface area contributed by atoms with Crippen LogP contribution in [0.2, 0.25) is 0 Å². The molecule has 0 saturated carbocycles. The Labute approximate surface area is 89.8 Å². The van der Waals surface area contributed by atoms with Crippen LogP contribution in [0.15, 0.2) is 17.5 Å². The lowest BCUT2D eigenvalue weighted by molar-refractivity contribution is 0.109. The van der Waals surface area contributed by atoms with Crippen molar-refractivity contribution in [3.8, 4) is 0 Å². The number of nitrogens with two attached hydrogens (primary N) is 1. The third-order valence-corrected chi connectivity index (χ3v) is 3.47. The summed E-state index contributed by atoms with van der Waals surface area (Å²) in [6, 6.07) is 4.21. The first-order valence-corrected chi connectivity index (χ1v) is 6.02. The molecule has 0 aromatic carbocycles. The van der Waals surface area contributed by atoms with Crippen molar-refractivity contribution in [1.82, 2.24) is 0 Å². The number of hydrogen-bond acceptors (Lipinski definition) is 3. The van der Waals surface area contributed by atoms with Gasteiger partial charge in [0, 0.05) is 4.88 Å². The maximum Gasteiger partial charge on any atom is 0.0577 e.